The zero-order valence-electron chi connectivity index (χ0n) is 16.9. The van der Waals surface area contributed by atoms with Gasteiger partial charge in [0, 0.05) is 36.4 Å². The number of carbonyl (C=O) groups excluding carboxylic acids is 1. The van der Waals surface area contributed by atoms with Crippen LogP contribution >= 0.6 is 11.3 Å². The number of hydrogen-bond donors (Lipinski definition) is 0. The monoisotopic (exact) mass is 385 g/mol. The van der Waals surface area contributed by atoms with Crippen molar-refractivity contribution in [2.45, 2.75) is 64.0 Å². The van der Waals surface area contributed by atoms with E-state index in [1.165, 1.54) is 10.4 Å². The molecule has 146 valence electrons. The maximum absolute atomic E-state index is 12.5. The highest BCUT2D eigenvalue weighted by molar-refractivity contribution is 7.10. The van der Waals surface area contributed by atoms with Gasteiger partial charge in [-0.25, -0.2) is 0 Å². The number of benzene rings is 1. The van der Waals surface area contributed by atoms with Gasteiger partial charge in [0.1, 0.15) is 0 Å². The van der Waals surface area contributed by atoms with E-state index >= 15 is 0 Å². The Labute approximate surface area is 167 Å². The Bertz CT molecular complexity index is 741. The smallest absolute Gasteiger partial charge is 0.219 e. The highest BCUT2D eigenvalue weighted by Gasteiger charge is 2.36. The fraction of sp³-hybridized carbons (Fsp3) is 0.522. The van der Waals surface area contributed by atoms with Gasteiger partial charge in [-0.2, -0.15) is 0 Å². The van der Waals surface area contributed by atoms with Crippen LogP contribution in [0.5, 0.6) is 0 Å². The molecule has 3 nitrogen and oxygen atoms in total. The minimum absolute atomic E-state index is 0.0934. The lowest BCUT2D eigenvalue weighted by molar-refractivity contribution is -0.138. The highest BCUT2D eigenvalue weighted by atomic mass is 32.1. The molecule has 1 aromatic heterocycles. The van der Waals surface area contributed by atoms with Crippen molar-refractivity contribution in [1.29, 1.82) is 0 Å². The summed E-state index contributed by atoms with van der Waals surface area (Å²) in [6.45, 7) is 9.74. The van der Waals surface area contributed by atoms with Crippen molar-refractivity contribution in [3.8, 4) is 0 Å². The SMILES string of the molecule is CC(=O)N(CC[C@@](C)(c1ccccc1)c1cccs1)[C@@H]1CCOC(C)(C)C1. The Balaban J connectivity index is 1.82. The average Bonchev–Trinajstić information content (AvgIpc) is 3.16. The molecule has 2 heterocycles. The van der Waals surface area contributed by atoms with E-state index in [0.29, 0.717) is 0 Å². The van der Waals surface area contributed by atoms with Gasteiger partial charge in [-0.05, 0) is 50.1 Å². The summed E-state index contributed by atoms with van der Waals surface area (Å²) in [4.78, 5) is 15.9. The molecule has 2 aromatic rings. The van der Waals surface area contributed by atoms with Gasteiger partial charge in [0.05, 0.1) is 5.60 Å². The Morgan fingerprint density at radius 2 is 2.00 bits per heavy atom. The molecule has 27 heavy (non-hydrogen) atoms. The largest absolute Gasteiger partial charge is 0.375 e. The number of amides is 1. The molecule has 1 aromatic carbocycles. The van der Waals surface area contributed by atoms with Gasteiger partial charge in [0.15, 0.2) is 0 Å². The third-order valence-electron chi connectivity index (χ3n) is 5.84. The van der Waals surface area contributed by atoms with Crippen LogP contribution in [0.15, 0.2) is 47.8 Å². The third kappa shape index (κ3) is 4.61. The van der Waals surface area contributed by atoms with E-state index in [4.69, 9.17) is 4.74 Å². The Kier molecular flexibility index (Phi) is 6.07. The molecular weight excluding hydrogens is 354 g/mol. The standard InChI is InChI=1S/C23H31NO2S/c1-18(25)24(20-12-15-26-22(2,3)17-20)14-13-23(4,21-11-8-16-27-21)19-9-6-5-7-10-19/h5-11,16,20H,12-15,17H2,1-4H3/t20-,23+/m1/s1. The van der Waals surface area contributed by atoms with Crippen LogP contribution in [0.1, 0.15) is 57.4 Å². The summed E-state index contributed by atoms with van der Waals surface area (Å²) in [5, 5.41) is 2.14. The first kappa shape index (κ1) is 20.1. The number of carbonyl (C=O) groups is 1. The van der Waals surface area contributed by atoms with Gasteiger partial charge < -0.3 is 9.64 Å². The van der Waals surface area contributed by atoms with Crippen molar-refractivity contribution in [3.63, 3.8) is 0 Å². The van der Waals surface area contributed by atoms with Crippen LogP contribution in [0.25, 0.3) is 0 Å². The molecule has 0 spiro atoms. The molecule has 1 aliphatic heterocycles. The lowest BCUT2D eigenvalue weighted by Gasteiger charge is -2.42. The third-order valence-corrected chi connectivity index (χ3v) is 6.98. The average molecular weight is 386 g/mol. The first-order valence-corrected chi connectivity index (χ1v) is 10.7. The molecule has 0 bridgehead atoms. The van der Waals surface area contributed by atoms with Crippen molar-refractivity contribution in [3.05, 3.63) is 58.3 Å². The van der Waals surface area contributed by atoms with Crippen LogP contribution in [-0.4, -0.2) is 35.6 Å². The maximum atomic E-state index is 12.5. The van der Waals surface area contributed by atoms with Gasteiger partial charge in [-0.3, -0.25) is 4.79 Å². The first-order valence-electron chi connectivity index (χ1n) is 9.82. The minimum atomic E-state index is -0.160. The molecule has 0 unspecified atom stereocenters. The van der Waals surface area contributed by atoms with Crippen molar-refractivity contribution < 1.29 is 9.53 Å². The molecule has 4 heteroatoms. The fourth-order valence-corrected chi connectivity index (χ4v) is 5.16. The van der Waals surface area contributed by atoms with Crippen molar-refractivity contribution in [2.24, 2.45) is 0 Å². The second kappa shape index (κ2) is 8.15. The van der Waals surface area contributed by atoms with Gasteiger partial charge in [0.25, 0.3) is 0 Å². The quantitative estimate of drug-likeness (QED) is 0.680. The number of rotatable bonds is 6. The molecule has 0 aliphatic carbocycles. The number of nitrogens with zero attached hydrogens (tertiary/aromatic N) is 1. The van der Waals surface area contributed by atoms with E-state index in [2.05, 4.69) is 73.5 Å². The summed E-state index contributed by atoms with van der Waals surface area (Å²) in [6, 6.07) is 15.3. The Morgan fingerprint density at radius 3 is 2.59 bits per heavy atom. The summed E-state index contributed by atoms with van der Waals surface area (Å²) in [7, 11) is 0. The topological polar surface area (TPSA) is 29.5 Å². The van der Waals surface area contributed by atoms with Crippen LogP contribution in [0.4, 0.5) is 0 Å². The van der Waals surface area contributed by atoms with Crippen molar-refractivity contribution in [2.75, 3.05) is 13.2 Å². The van der Waals surface area contributed by atoms with Gasteiger partial charge in [-0.1, -0.05) is 43.3 Å². The number of hydrogen-bond acceptors (Lipinski definition) is 3. The summed E-state index contributed by atoms with van der Waals surface area (Å²) >= 11 is 1.80. The van der Waals surface area contributed by atoms with Crippen molar-refractivity contribution >= 4 is 17.2 Å². The van der Waals surface area contributed by atoms with Crippen LogP contribution in [0, 0.1) is 0 Å². The molecule has 0 saturated carbocycles. The summed E-state index contributed by atoms with van der Waals surface area (Å²) in [5.41, 5.74) is 1.06. The van der Waals surface area contributed by atoms with E-state index in [1.54, 1.807) is 18.3 Å². The number of thiophene rings is 1. The molecule has 1 aliphatic rings. The molecule has 1 saturated heterocycles. The molecule has 2 atom stereocenters. The molecule has 0 N–H and O–H groups in total. The summed E-state index contributed by atoms with van der Waals surface area (Å²) < 4.78 is 5.86. The second-order valence-corrected chi connectivity index (χ2v) is 9.34. The minimum Gasteiger partial charge on any atom is -0.375 e. The maximum Gasteiger partial charge on any atom is 0.219 e. The first-order chi connectivity index (χ1) is 12.8. The normalized spacial score (nSPS) is 21.4. The zero-order valence-corrected chi connectivity index (χ0v) is 17.7. The lowest BCUT2D eigenvalue weighted by atomic mass is 9.77. The van der Waals surface area contributed by atoms with E-state index in [1.807, 2.05) is 0 Å². The highest BCUT2D eigenvalue weighted by Crippen LogP contribution is 2.38. The predicted molar refractivity (Wildman–Crippen MR) is 112 cm³/mol. The van der Waals surface area contributed by atoms with Gasteiger partial charge in [0.2, 0.25) is 5.91 Å². The summed E-state index contributed by atoms with van der Waals surface area (Å²) in [6.07, 6.45) is 2.73. The van der Waals surface area contributed by atoms with E-state index < -0.39 is 0 Å². The van der Waals surface area contributed by atoms with Crippen LogP contribution < -0.4 is 0 Å². The fourth-order valence-electron chi connectivity index (χ4n) is 4.22. The van der Waals surface area contributed by atoms with E-state index in [0.717, 1.165) is 32.4 Å². The lowest BCUT2D eigenvalue weighted by Crippen LogP contribution is -2.49. The zero-order chi connectivity index (χ0) is 19.5. The molecule has 3 rings (SSSR count). The summed E-state index contributed by atoms with van der Waals surface area (Å²) in [5.74, 6) is 0.166. The van der Waals surface area contributed by atoms with Crippen LogP contribution in [0.3, 0.4) is 0 Å². The van der Waals surface area contributed by atoms with Gasteiger partial charge in [-0.15, -0.1) is 11.3 Å². The Hall–Kier alpha value is -1.65. The van der Waals surface area contributed by atoms with E-state index in [9.17, 15) is 4.79 Å². The molecular formula is C23H31NO2S. The molecule has 1 amide bonds. The van der Waals surface area contributed by atoms with Crippen molar-refractivity contribution in [1.82, 2.24) is 4.90 Å². The van der Waals surface area contributed by atoms with E-state index in [-0.39, 0.29) is 23.0 Å². The predicted octanol–water partition coefficient (Wildman–Crippen LogP) is 5.25. The Morgan fingerprint density at radius 1 is 1.26 bits per heavy atom. The van der Waals surface area contributed by atoms with Crippen LogP contribution in [-0.2, 0) is 14.9 Å². The van der Waals surface area contributed by atoms with Gasteiger partial charge >= 0.3 is 0 Å². The second-order valence-electron chi connectivity index (χ2n) is 8.39. The number of ether oxygens (including phenoxy) is 1. The molecule has 0 radical (unpaired) electrons. The van der Waals surface area contributed by atoms with Crippen LogP contribution in [0.2, 0.25) is 0 Å². The molecule has 1 fully saturated rings.